The maximum Gasteiger partial charge on any atom is 0.133 e. The average molecular weight is 317 g/mol. The van der Waals surface area contributed by atoms with E-state index in [1.807, 2.05) is 6.20 Å². The summed E-state index contributed by atoms with van der Waals surface area (Å²) in [5, 5.41) is 10.2. The molecule has 0 atom stereocenters. The summed E-state index contributed by atoms with van der Waals surface area (Å²) in [6.45, 7) is 4.22. The van der Waals surface area contributed by atoms with Gasteiger partial charge in [-0.1, -0.05) is 5.57 Å². The van der Waals surface area contributed by atoms with Gasteiger partial charge in [0.1, 0.15) is 12.1 Å². The average Bonchev–Trinajstić information content (AvgIpc) is 3.29. The van der Waals surface area contributed by atoms with E-state index in [0.29, 0.717) is 12.6 Å². The lowest BCUT2D eigenvalue weighted by molar-refractivity contribution is -0.107. The van der Waals surface area contributed by atoms with Gasteiger partial charge in [0.25, 0.3) is 0 Å². The summed E-state index contributed by atoms with van der Waals surface area (Å²) in [6, 6.07) is 2.65. The molecule has 0 radical (unpaired) electrons. The second-order valence-corrected chi connectivity index (χ2v) is 6.38. The van der Waals surface area contributed by atoms with Gasteiger partial charge in [0, 0.05) is 44.1 Å². The number of allylic oxidation sites excluding steroid dienone is 1. The molecule has 1 saturated carbocycles. The van der Waals surface area contributed by atoms with E-state index >= 15 is 0 Å². The third-order valence-corrected chi connectivity index (χ3v) is 4.47. The van der Waals surface area contributed by atoms with E-state index in [-0.39, 0.29) is 0 Å². The number of carbonyl (C=O) groups is 1. The minimum absolute atomic E-state index is 0.438. The number of aromatic nitrogens is 1. The van der Waals surface area contributed by atoms with Crippen LogP contribution in [-0.2, 0) is 11.3 Å². The van der Waals surface area contributed by atoms with E-state index < -0.39 is 0 Å². The Morgan fingerprint density at radius 1 is 1.30 bits per heavy atom. The third kappa shape index (κ3) is 5.11. The van der Waals surface area contributed by atoms with E-state index in [1.54, 1.807) is 0 Å². The molecule has 2 aliphatic rings. The van der Waals surface area contributed by atoms with Crippen molar-refractivity contribution in [3.63, 3.8) is 0 Å². The molecule has 0 spiro atoms. The number of nitrogens with one attached hydrogen (secondary N) is 4. The fourth-order valence-electron chi connectivity index (χ4n) is 2.93. The minimum Gasteiger partial charge on any atom is -0.387 e. The number of aromatic amines is 1. The van der Waals surface area contributed by atoms with Crippen molar-refractivity contribution in [1.29, 1.82) is 0 Å². The van der Waals surface area contributed by atoms with Crippen LogP contribution in [0.3, 0.4) is 0 Å². The van der Waals surface area contributed by atoms with E-state index in [9.17, 15) is 4.79 Å². The van der Waals surface area contributed by atoms with E-state index in [2.05, 4.69) is 38.1 Å². The molecule has 1 aliphatic heterocycles. The Balaban J connectivity index is 1.40. The number of H-pyrrole nitrogens is 1. The molecular formula is C17H27N5O. The van der Waals surface area contributed by atoms with E-state index in [4.69, 9.17) is 0 Å². The topological polar surface area (TPSA) is 72.2 Å². The summed E-state index contributed by atoms with van der Waals surface area (Å²) in [4.78, 5) is 16.0. The molecule has 0 unspecified atom stereocenters. The highest BCUT2D eigenvalue weighted by molar-refractivity contribution is 5.51. The summed E-state index contributed by atoms with van der Waals surface area (Å²) < 4.78 is 0. The summed E-state index contributed by atoms with van der Waals surface area (Å²) in [7, 11) is 0. The Labute approximate surface area is 137 Å². The first-order chi connectivity index (χ1) is 11.3. The van der Waals surface area contributed by atoms with Crippen LogP contribution in [0.25, 0.3) is 0 Å². The predicted molar refractivity (Wildman–Crippen MR) is 92.1 cm³/mol. The molecule has 1 aromatic heterocycles. The highest BCUT2D eigenvalue weighted by atomic mass is 16.1. The fourth-order valence-corrected chi connectivity index (χ4v) is 2.93. The van der Waals surface area contributed by atoms with Gasteiger partial charge in [-0.15, -0.1) is 0 Å². The number of piperidine rings is 1. The van der Waals surface area contributed by atoms with Crippen molar-refractivity contribution in [3.05, 3.63) is 29.6 Å². The normalized spacial score (nSPS) is 18.7. The third-order valence-electron chi connectivity index (χ3n) is 4.47. The number of nitrogens with zero attached hydrogens (tertiary/aromatic N) is 1. The summed E-state index contributed by atoms with van der Waals surface area (Å²) in [5.41, 5.74) is 2.81. The van der Waals surface area contributed by atoms with Crippen LogP contribution in [-0.4, -0.2) is 48.5 Å². The number of aldehydes is 1. The zero-order valence-electron chi connectivity index (χ0n) is 13.6. The second-order valence-electron chi connectivity index (χ2n) is 6.38. The Morgan fingerprint density at radius 2 is 2.13 bits per heavy atom. The number of likely N-dealkylation sites (tertiary alicyclic amines) is 1. The molecule has 1 aromatic rings. The van der Waals surface area contributed by atoms with Crippen molar-refractivity contribution in [3.8, 4) is 0 Å². The van der Waals surface area contributed by atoms with E-state index in [0.717, 1.165) is 51.2 Å². The van der Waals surface area contributed by atoms with Gasteiger partial charge in [0.15, 0.2) is 0 Å². The number of hydrogen-bond acceptors (Lipinski definition) is 5. The first-order valence-corrected chi connectivity index (χ1v) is 8.56. The van der Waals surface area contributed by atoms with Crippen LogP contribution in [0.2, 0.25) is 0 Å². The van der Waals surface area contributed by atoms with Gasteiger partial charge in [0.2, 0.25) is 0 Å². The van der Waals surface area contributed by atoms with Gasteiger partial charge in [-0.2, -0.15) is 0 Å². The number of anilines is 1. The SMILES string of the molecule is O=CCNCN1CCC(Nc2[nH]ccc2CNC=C2CC2)CC1. The van der Waals surface area contributed by atoms with Gasteiger partial charge < -0.3 is 20.4 Å². The molecule has 2 fully saturated rings. The maximum absolute atomic E-state index is 10.3. The molecule has 1 saturated heterocycles. The highest BCUT2D eigenvalue weighted by Gasteiger charge is 2.19. The largest absolute Gasteiger partial charge is 0.387 e. The molecule has 6 heteroatoms. The first kappa shape index (κ1) is 16.1. The van der Waals surface area contributed by atoms with Gasteiger partial charge in [-0.05, 0) is 37.9 Å². The minimum atomic E-state index is 0.438. The Bertz CT molecular complexity index is 525. The molecule has 126 valence electrons. The molecule has 23 heavy (non-hydrogen) atoms. The molecular weight excluding hydrogens is 290 g/mol. The molecule has 6 nitrogen and oxygen atoms in total. The first-order valence-electron chi connectivity index (χ1n) is 8.56. The summed E-state index contributed by atoms with van der Waals surface area (Å²) in [6.07, 6.45) is 9.83. The fraction of sp³-hybridized carbons (Fsp3) is 0.588. The number of rotatable bonds is 9. The lowest BCUT2D eigenvalue weighted by Gasteiger charge is -2.32. The van der Waals surface area contributed by atoms with Gasteiger partial charge in [0.05, 0.1) is 6.54 Å². The molecule has 2 heterocycles. The quantitative estimate of drug-likeness (QED) is 0.409. The van der Waals surface area contributed by atoms with Crippen LogP contribution in [0.4, 0.5) is 5.82 Å². The van der Waals surface area contributed by atoms with Gasteiger partial charge in [-0.3, -0.25) is 10.2 Å². The molecule has 0 aromatic carbocycles. The smallest absolute Gasteiger partial charge is 0.133 e. The zero-order chi connectivity index (χ0) is 15.9. The lowest BCUT2D eigenvalue weighted by Crippen LogP contribution is -2.43. The molecule has 3 rings (SSSR count). The van der Waals surface area contributed by atoms with Crippen molar-refractivity contribution in [2.75, 3.05) is 31.6 Å². The Hall–Kier alpha value is -1.79. The highest BCUT2D eigenvalue weighted by Crippen LogP contribution is 2.26. The number of carbonyl (C=O) groups excluding carboxylic acids is 1. The van der Waals surface area contributed by atoms with Crippen LogP contribution >= 0.6 is 0 Å². The van der Waals surface area contributed by atoms with Crippen molar-refractivity contribution < 1.29 is 4.79 Å². The van der Waals surface area contributed by atoms with Crippen LogP contribution < -0.4 is 16.0 Å². The number of hydrogen-bond donors (Lipinski definition) is 4. The van der Waals surface area contributed by atoms with Crippen LogP contribution in [0.1, 0.15) is 31.2 Å². The molecule has 0 bridgehead atoms. The van der Waals surface area contributed by atoms with Crippen LogP contribution in [0.5, 0.6) is 0 Å². The van der Waals surface area contributed by atoms with E-state index in [1.165, 1.54) is 24.0 Å². The van der Waals surface area contributed by atoms with Crippen LogP contribution in [0, 0.1) is 0 Å². The maximum atomic E-state index is 10.3. The summed E-state index contributed by atoms with van der Waals surface area (Å²) in [5.74, 6) is 1.14. The second kappa shape index (κ2) is 8.17. The van der Waals surface area contributed by atoms with Crippen molar-refractivity contribution >= 4 is 12.1 Å². The van der Waals surface area contributed by atoms with Crippen molar-refractivity contribution in [2.45, 2.75) is 38.3 Å². The Kier molecular flexibility index (Phi) is 5.71. The molecule has 0 amide bonds. The van der Waals surface area contributed by atoms with Crippen molar-refractivity contribution in [1.82, 2.24) is 20.5 Å². The van der Waals surface area contributed by atoms with Crippen molar-refractivity contribution in [2.24, 2.45) is 0 Å². The van der Waals surface area contributed by atoms with Gasteiger partial charge >= 0.3 is 0 Å². The lowest BCUT2D eigenvalue weighted by atomic mass is 10.1. The molecule has 4 N–H and O–H groups in total. The standard InChI is InChI=1S/C17H27N5O/c23-10-7-18-13-22-8-4-16(5-9-22)21-17-15(3-6-20-17)12-19-11-14-1-2-14/h3,6,10-11,16,18-21H,1-2,4-5,7-9,12-13H2. The molecule has 1 aliphatic carbocycles. The zero-order valence-corrected chi connectivity index (χ0v) is 13.6. The predicted octanol–water partition coefficient (Wildman–Crippen LogP) is 1.40. The van der Waals surface area contributed by atoms with Gasteiger partial charge in [-0.25, -0.2) is 0 Å². The monoisotopic (exact) mass is 317 g/mol. The van der Waals surface area contributed by atoms with Crippen LogP contribution in [0.15, 0.2) is 24.0 Å². The summed E-state index contributed by atoms with van der Waals surface area (Å²) >= 11 is 0. The Morgan fingerprint density at radius 3 is 2.87 bits per heavy atom.